The molecule has 0 spiro atoms. The molecule has 2 aromatic carbocycles. The van der Waals surface area contributed by atoms with E-state index in [0.717, 1.165) is 18.4 Å². The number of nitrogens with one attached hydrogen (secondary N) is 2. The summed E-state index contributed by atoms with van der Waals surface area (Å²) >= 11 is 0. The number of amides is 1. The van der Waals surface area contributed by atoms with E-state index in [1.165, 1.54) is 25.3 Å². The van der Waals surface area contributed by atoms with Gasteiger partial charge in [-0.1, -0.05) is 18.2 Å². The number of methoxy groups -OCH3 is 1. The van der Waals surface area contributed by atoms with Crippen LogP contribution in [-0.2, 0) is 6.42 Å². The summed E-state index contributed by atoms with van der Waals surface area (Å²) in [5, 5.41) is 2.98. The Bertz CT molecular complexity index is 1110. The molecule has 1 atom stereocenters. The highest BCUT2D eigenvalue weighted by Crippen LogP contribution is 2.37. The van der Waals surface area contributed by atoms with Crippen molar-refractivity contribution < 1.29 is 13.9 Å². The van der Waals surface area contributed by atoms with E-state index < -0.39 is 6.04 Å². The Morgan fingerprint density at radius 1 is 1.23 bits per heavy atom. The molecule has 7 heteroatoms. The Morgan fingerprint density at radius 3 is 2.70 bits per heavy atom. The Balaban J connectivity index is 1.62. The van der Waals surface area contributed by atoms with E-state index in [1.54, 1.807) is 36.4 Å². The largest absolute Gasteiger partial charge is 0.497 e. The van der Waals surface area contributed by atoms with Crippen molar-refractivity contribution in [1.82, 2.24) is 15.3 Å². The lowest BCUT2D eigenvalue weighted by Gasteiger charge is -2.19. The number of ether oxygens (including phenoxy) is 1. The second-order valence-electron chi connectivity index (χ2n) is 7.41. The summed E-state index contributed by atoms with van der Waals surface area (Å²) in [5.74, 6) is 0.909. The fourth-order valence-corrected chi connectivity index (χ4v) is 3.35. The summed E-state index contributed by atoms with van der Waals surface area (Å²) < 4.78 is 18.6. The van der Waals surface area contributed by atoms with Crippen LogP contribution in [-0.4, -0.2) is 23.0 Å². The lowest BCUT2D eigenvalue weighted by molar-refractivity contribution is 0.0936. The highest BCUT2D eigenvalue weighted by Gasteiger charge is 2.27. The van der Waals surface area contributed by atoms with E-state index in [0.29, 0.717) is 35.2 Å². The van der Waals surface area contributed by atoms with Crippen LogP contribution in [0.1, 0.15) is 52.2 Å². The van der Waals surface area contributed by atoms with Gasteiger partial charge in [-0.2, -0.15) is 0 Å². The van der Waals surface area contributed by atoms with Crippen LogP contribution >= 0.6 is 0 Å². The molecule has 30 heavy (non-hydrogen) atoms. The van der Waals surface area contributed by atoms with Gasteiger partial charge in [-0.25, -0.2) is 9.37 Å². The Kier molecular flexibility index (Phi) is 5.61. The number of carbonyl (C=O) groups excluding carboxylic acids is 1. The number of benzene rings is 2. The molecular formula is C23H22FN3O3. The van der Waals surface area contributed by atoms with Gasteiger partial charge in [0.25, 0.3) is 11.5 Å². The zero-order valence-electron chi connectivity index (χ0n) is 16.5. The normalized spacial score (nSPS) is 14.2. The smallest absolute Gasteiger partial charge is 0.251 e. The molecule has 3 aromatic rings. The predicted molar refractivity (Wildman–Crippen MR) is 110 cm³/mol. The van der Waals surface area contributed by atoms with Crippen LogP contribution < -0.4 is 15.6 Å². The highest BCUT2D eigenvalue weighted by molar-refractivity contribution is 5.94. The molecule has 154 valence electrons. The molecule has 0 bridgehead atoms. The summed E-state index contributed by atoms with van der Waals surface area (Å²) in [6, 6.07) is 13.7. The third-order valence-corrected chi connectivity index (χ3v) is 5.10. The van der Waals surface area contributed by atoms with Gasteiger partial charge in [-0.3, -0.25) is 9.59 Å². The van der Waals surface area contributed by atoms with Gasteiger partial charge in [-0.15, -0.1) is 0 Å². The van der Waals surface area contributed by atoms with E-state index in [4.69, 9.17) is 4.74 Å². The van der Waals surface area contributed by atoms with Crippen LogP contribution in [0, 0.1) is 5.82 Å². The van der Waals surface area contributed by atoms with Crippen molar-refractivity contribution in [2.24, 2.45) is 0 Å². The van der Waals surface area contributed by atoms with E-state index in [1.807, 2.05) is 0 Å². The van der Waals surface area contributed by atoms with Crippen molar-refractivity contribution in [1.29, 1.82) is 0 Å². The Hall–Kier alpha value is -3.48. The van der Waals surface area contributed by atoms with Crippen LogP contribution in [0.3, 0.4) is 0 Å². The first-order valence-electron chi connectivity index (χ1n) is 9.82. The third-order valence-electron chi connectivity index (χ3n) is 5.10. The molecule has 4 rings (SSSR count). The molecule has 1 aromatic heterocycles. The van der Waals surface area contributed by atoms with Crippen molar-refractivity contribution in [3.8, 4) is 5.75 Å². The van der Waals surface area contributed by atoms with E-state index in [-0.39, 0.29) is 17.3 Å². The van der Waals surface area contributed by atoms with Gasteiger partial charge in [0.1, 0.15) is 17.4 Å². The Labute approximate surface area is 173 Å². The minimum atomic E-state index is -0.481. The zero-order chi connectivity index (χ0) is 21.1. The minimum Gasteiger partial charge on any atom is -0.497 e. The van der Waals surface area contributed by atoms with E-state index in [9.17, 15) is 14.0 Å². The number of nitrogens with zero attached hydrogens (tertiary/aromatic N) is 1. The van der Waals surface area contributed by atoms with Gasteiger partial charge in [0, 0.05) is 24.0 Å². The maximum Gasteiger partial charge on any atom is 0.251 e. The standard InChI is InChI=1S/C23H22FN3O3/c1-30-19-4-2-3-16(11-19)23(29)26-20(14-7-9-17(24)10-8-14)12-18-13-21(28)27-22(25-18)15-5-6-15/h2-4,7-11,13,15,20H,5-6,12H2,1H3,(H,26,29)(H,25,27,28). The second kappa shape index (κ2) is 8.49. The minimum absolute atomic E-state index is 0.209. The molecule has 1 amide bonds. The van der Waals surface area contributed by atoms with Crippen LogP contribution in [0.25, 0.3) is 0 Å². The van der Waals surface area contributed by atoms with Crippen molar-refractivity contribution in [2.45, 2.75) is 31.2 Å². The lowest BCUT2D eigenvalue weighted by atomic mass is 10.0. The first-order chi connectivity index (χ1) is 14.5. The third kappa shape index (κ3) is 4.74. The first kappa shape index (κ1) is 19.8. The van der Waals surface area contributed by atoms with Gasteiger partial charge >= 0.3 is 0 Å². The summed E-state index contributed by atoms with van der Waals surface area (Å²) in [4.78, 5) is 32.3. The molecule has 0 radical (unpaired) electrons. The average Bonchev–Trinajstić information content (AvgIpc) is 3.59. The molecular weight excluding hydrogens is 385 g/mol. The number of hydrogen-bond acceptors (Lipinski definition) is 4. The molecule has 6 nitrogen and oxygen atoms in total. The second-order valence-corrected chi connectivity index (χ2v) is 7.41. The summed E-state index contributed by atoms with van der Waals surface area (Å²) in [6.45, 7) is 0. The molecule has 1 unspecified atom stereocenters. The summed E-state index contributed by atoms with van der Waals surface area (Å²) in [6.07, 6.45) is 2.34. The van der Waals surface area contributed by atoms with E-state index in [2.05, 4.69) is 15.3 Å². The number of carbonyl (C=O) groups is 1. The molecule has 1 aliphatic rings. The maximum atomic E-state index is 13.4. The molecule has 0 saturated heterocycles. The van der Waals surface area contributed by atoms with Gasteiger partial charge < -0.3 is 15.0 Å². The van der Waals surface area contributed by atoms with Crippen LogP contribution in [0.4, 0.5) is 4.39 Å². The number of aromatic amines is 1. The topological polar surface area (TPSA) is 84.1 Å². The van der Waals surface area contributed by atoms with Crippen molar-refractivity contribution in [3.63, 3.8) is 0 Å². The first-order valence-corrected chi connectivity index (χ1v) is 9.82. The summed E-state index contributed by atoms with van der Waals surface area (Å²) in [5.41, 5.74) is 1.54. The number of H-pyrrole nitrogens is 1. The fourth-order valence-electron chi connectivity index (χ4n) is 3.35. The molecule has 1 saturated carbocycles. The fraction of sp³-hybridized carbons (Fsp3) is 0.261. The van der Waals surface area contributed by atoms with E-state index >= 15 is 0 Å². The van der Waals surface area contributed by atoms with Crippen LogP contribution in [0.5, 0.6) is 5.75 Å². The monoisotopic (exact) mass is 407 g/mol. The quantitative estimate of drug-likeness (QED) is 0.628. The number of rotatable bonds is 7. The lowest BCUT2D eigenvalue weighted by Crippen LogP contribution is -2.30. The maximum absolute atomic E-state index is 13.4. The molecule has 0 aliphatic heterocycles. The average molecular weight is 407 g/mol. The molecule has 1 fully saturated rings. The highest BCUT2D eigenvalue weighted by atomic mass is 19.1. The van der Waals surface area contributed by atoms with Crippen molar-refractivity contribution in [2.75, 3.05) is 7.11 Å². The van der Waals surface area contributed by atoms with Crippen LogP contribution in [0.2, 0.25) is 0 Å². The number of halogens is 1. The molecule has 2 N–H and O–H groups in total. The van der Waals surface area contributed by atoms with Crippen molar-refractivity contribution in [3.05, 3.63) is 93.4 Å². The molecule has 1 heterocycles. The van der Waals surface area contributed by atoms with Crippen molar-refractivity contribution >= 4 is 5.91 Å². The van der Waals surface area contributed by atoms with Gasteiger partial charge in [0.15, 0.2) is 0 Å². The van der Waals surface area contributed by atoms with Gasteiger partial charge in [0.05, 0.1) is 18.8 Å². The molecule has 1 aliphatic carbocycles. The Morgan fingerprint density at radius 2 is 2.00 bits per heavy atom. The number of aromatic nitrogens is 2. The SMILES string of the molecule is COc1cccc(C(=O)NC(Cc2cc(=O)[nH]c(C3CC3)n2)c2ccc(F)cc2)c1. The summed E-state index contributed by atoms with van der Waals surface area (Å²) in [7, 11) is 1.54. The predicted octanol–water partition coefficient (Wildman–Crippen LogP) is 3.51. The number of hydrogen-bond donors (Lipinski definition) is 2. The van der Waals surface area contributed by atoms with Gasteiger partial charge in [0.2, 0.25) is 0 Å². The van der Waals surface area contributed by atoms with Crippen LogP contribution in [0.15, 0.2) is 59.4 Å². The van der Waals surface area contributed by atoms with Gasteiger partial charge in [-0.05, 0) is 48.7 Å². The zero-order valence-corrected chi connectivity index (χ0v) is 16.5.